The van der Waals surface area contributed by atoms with Gasteiger partial charge in [0.1, 0.15) is 0 Å². The van der Waals surface area contributed by atoms with E-state index in [1.807, 2.05) is 12.5 Å². The summed E-state index contributed by atoms with van der Waals surface area (Å²) in [6.45, 7) is 5.75. The number of nitrogens with one attached hydrogen (secondary N) is 1. The monoisotopic (exact) mass is 221 g/mol. The number of hydrogen-bond acceptors (Lipinski definition) is 2. The Hall–Kier alpha value is -0.830. The summed E-state index contributed by atoms with van der Waals surface area (Å²) in [4.78, 5) is 4.26. The van der Waals surface area contributed by atoms with Crippen LogP contribution < -0.4 is 5.32 Å². The van der Waals surface area contributed by atoms with Crippen molar-refractivity contribution < 1.29 is 0 Å². The topological polar surface area (TPSA) is 29.9 Å². The first-order valence-electron chi connectivity index (χ1n) is 6.60. The van der Waals surface area contributed by atoms with E-state index < -0.39 is 0 Å². The molecule has 2 rings (SSSR count). The number of hydrogen-bond donors (Lipinski definition) is 1. The van der Waals surface area contributed by atoms with Crippen LogP contribution in [0.4, 0.5) is 0 Å². The molecule has 1 saturated heterocycles. The Bertz CT molecular complexity index is 300. The normalized spacial score (nSPS) is 17.8. The highest BCUT2D eigenvalue weighted by molar-refractivity contribution is 4.98. The van der Waals surface area contributed by atoms with Crippen LogP contribution in [0.3, 0.4) is 0 Å². The third kappa shape index (κ3) is 3.08. The maximum atomic E-state index is 4.26. The lowest BCUT2D eigenvalue weighted by Crippen LogP contribution is -2.28. The molecule has 1 aliphatic heterocycles. The van der Waals surface area contributed by atoms with E-state index in [-0.39, 0.29) is 0 Å². The first kappa shape index (κ1) is 11.6. The van der Waals surface area contributed by atoms with Gasteiger partial charge in [0, 0.05) is 18.4 Å². The van der Waals surface area contributed by atoms with Gasteiger partial charge >= 0.3 is 0 Å². The van der Waals surface area contributed by atoms with Crippen molar-refractivity contribution in [2.75, 3.05) is 13.1 Å². The van der Waals surface area contributed by atoms with E-state index in [1.165, 1.54) is 50.9 Å². The summed E-state index contributed by atoms with van der Waals surface area (Å²) < 4.78 is 2.31. The summed E-state index contributed by atoms with van der Waals surface area (Å²) in [7, 11) is 0. The third-order valence-electron chi connectivity index (χ3n) is 3.53. The molecule has 1 fully saturated rings. The van der Waals surface area contributed by atoms with Crippen molar-refractivity contribution in [1.29, 1.82) is 0 Å². The lowest BCUT2D eigenvalue weighted by atomic mass is 9.92. The number of piperidine rings is 1. The Balaban J connectivity index is 1.81. The lowest BCUT2D eigenvalue weighted by molar-refractivity contribution is 0.352. The molecule has 0 spiro atoms. The van der Waals surface area contributed by atoms with Crippen LogP contribution >= 0.6 is 0 Å². The molecule has 1 N–H and O–H groups in total. The van der Waals surface area contributed by atoms with Gasteiger partial charge < -0.3 is 9.88 Å². The van der Waals surface area contributed by atoms with Gasteiger partial charge in [0.15, 0.2) is 0 Å². The Morgan fingerprint density at radius 3 is 3.00 bits per heavy atom. The molecule has 0 atom stereocenters. The van der Waals surface area contributed by atoms with Crippen LogP contribution in [0, 0.1) is 5.92 Å². The molecule has 0 unspecified atom stereocenters. The minimum absolute atomic E-state index is 0.922. The van der Waals surface area contributed by atoms with Crippen LogP contribution in [0.15, 0.2) is 12.5 Å². The first-order valence-corrected chi connectivity index (χ1v) is 6.60. The number of nitrogens with zero attached hydrogens (tertiary/aromatic N) is 2. The molecule has 2 heterocycles. The van der Waals surface area contributed by atoms with Crippen LogP contribution in [0.2, 0.25) is 0 Å². The second kappa shape index (κ2) is 6.04. The molecule has 1 aliphatic rings. The molecule has 0 saturated carbocycles. The standard InChI is InChI=1S/C13H23N3/c1-2-9-16-11-15-10-13(16)4-3-12-5-7-14-8-6-12/h10-12,14H,2-9H2,1H3. The van der Waals surface area contributed by atoms with E-state index in [0.717, 1.165) is 12.5 Å². The Labute approximate surface area is 98.3 Å². The maximum absolute atomic E-state index is 4.26. The molecule has 0 radical (unpaired) electrons. The average Bonchev–Trinajstić information content (AvgIpc) is 2.76. The van der Waals surface area contributed by atoms with E-state index in [1.54, 1.807) is 0 Å². The molecule has 16 heavy (non-hydrogen) atoms. The summed E-state index contributed by atoms with van der Waals surface area (Å²) in [5.41, 5.74) is 1.42. The van der Waals surface area contributed by atoms with Crippen molar-refractivity contribution in [2.24, 2.45) is 5.92 Å². The van der Waals surface area contributed by atoms with Gasteiger partial charge in [-0.1, -0.05) is 6.92 Å². The van der Waals surface area contributed by atoms with Crippen molar-refractivity contribution in [1.82, 2.24) is 14.9 Å². The maximum Gasteiger partial charge on any atom is 0.0948 e. The molecule has 1 aromatic heterocycles. The third-order valence-corrected chi connectivity index (χ3v) is 3.53. The molecule has 0 bridgehead atoms. The first-order chi connectivity index (χ1) is 7.90. The van der Waals surface area contributed by atoms with Gasteiger partial charge in [-0.05, 0) is 51.1 Å². The van der Waals surface area contributed by atoms with Gasteiger partial charge in [0.2, 0.25) is 0 Å². The summed E-state index contributed by atoms with van der Waals surface area (Å²) in [6, 6.07) is 0. The highest BCUT2D eigenvalue weighted by Gasteiger charge is 2.13. The van der Waals surface area contributed by atoms with E-state index in [9.17, 15) is 0 Å². The lowest BCUT2D eigenvalue weighted by Gasteiger charge is -2.22. The summed E-state index contributed by atoms with van der Waals surface area (Å²) in [5.74, 6) is 0.922. The number of aromatic nitrogens is 2. The number of rotatable bonds is 5. The minimum atomic E-state index is 0.922. The highest BCUT2D eigenvalue weighted by atomic mass is 15.0. The molecule has 3 nitrogen and oxygen atoms in total. The van der Waals surface area contributed by atoms with E-state index in [2.05, 4.69) is 21.8 Å². The quantitative estimate of drug-likeness (QED) is 0.826. The van der Waals surface area contributed by atoms with Crippen LogP contribution in [0.1, 0.15) is 38.3 Å². The fourth-order valence-corrected chi connectivity index (χ4v) is 2.52. The zero-order chi connectivity index (χ0) is 11.2. The average molecular weight is 221 g/mol. The zero-order valence-corrected chi connectivity index (χ0v) is 10.3. The molecule has 0 aliphatic carbocycles. The van der Waals surface area contributed by atoms with Crippen LogP contribution in [0.5, 0.6) is 0 Å². The fourth-order valence-electron chi connectivity index (χ4n) is 2.52. The highest BCUT2D eigenvalue weighted by Crippen LogP contribution is 2.18. The van der Waals surface area contributed by atoms with Crippen molar-refractivity contribution in [3.05, 3.63) is 18.2 Å². The van der Waals surface area contributed by atoms with Crippen LogP contribution in [-0.4, -0.2) is 22.6 Å². The van der Waals surface area contributed by atoms with Crippen molar-refractivity contribution in [3.8, 4) is 0 Å². The second-order valence-electron chi connectivity index (χ2n) is 4.81. The smallest absolute Gasteiger partial charge is 0.0948 e. The summed E-state index contributed by atoms with van der Waals surface area (Å²) in [6.07, 6.45) is 10.4. The Morgan fingerprint density at radius 1 is 1.44 bits per heavy atom. The van der Waals surface area contributed by atoms with E-state index in [4.69, 9.17) is 0 Å². The molecule has 0 aromatic carbocycles. The largest absolute Gasteiger partial charge is 0.335 e. The predicted molar refractivity (Wildman–Crippen MR) is 66.4 cm³/mol. The zero-order valence-electron chi connectivity index (χ0n) is 10.3. The van der Waals surface area contributed by atoms with Crippen LogP contribution in [0.25, 0.3) is 0 Å². The molecular weight excluding hydrogens is 198 g/mol. The van der Waals surface area contributed by atoms with Gasteiger partial charge in [0.05, 0.1) is 6.33 Å². The molecule has 90 valence electrons. The van der Waals surface area contributed by atoms with E-state index in [0.29, 0.717) is 0 Å². The SMILES string of the molecule is CCCn1cncc1CCC1CCNCC1. The second-order valence-corrected chi connectivity index (χ2v) is 4.81. The summed E-state index contributed by atoms with van der Waals surface area (Å²) >= 11 is 0. The van der Waals surface area contributed by atoms with Gasteiger partial charge in [-0.2, -0.15) is 0 Å². The summed E-state index contributed by atoms with van der Waals surface area (Å²) in [5, 5.41) is 3.42. The molecular formula is C13H23N3. The van der Waals surface area contributed by atoms with Gasteiger partial charge in [0.25, 0.3) is 0 Å². The predicted octanol–water partition coefficient (Wildman–Crippen LogP) is 2.23. The molecule has 1 aromatic rings. The molecule has 0 amide bonds. The molecule has 3 heteroatoms. The van der Waals surface area contributed by atoms with Crippen molar-refractivity contribution in [3.63, 3.8) is 0 Å². The van der Waals surface area contributed by atoms with Crippen molar-refractivity contribution >= 4 is 0 Å². The van der Waals surface area contributed by atoms with E-state index >= 15 is 0 Å². The van der Waals surface area contributed by atoms with Gasteiger partial charge in [-0.15, -0.1) is 0 Å². The fraction of sp³-hybridized carbons (Fsp3) is 0.769. The van der Waals surface area contributed by atoms with Crippen LogP contribution in [-0.2, 0) is 13.0 Å². The Kier molecular flexibility index (Phi) is 4.40. The Morgan fingerprint density at radius 2 is 2.25 bits per heavy atom. The van der Waals surface area contributed by atoms with Crippen molar-refractivity contribution in [2.45, 2.75) is 45.6 Å². The van der Waals surface area contributed by atoms with Gasteiger partial charge in [-0.25, -0.2) is 4.98 Å². The number of imidazole rings is 1. The minimum Gasteiger partial charge on any atom is -0.335 e. The van der Waals surface area contributed by atoms with Gasteiger partial charge in [-0.3, -0.25) is 0 Å². The number of aryl methyl sites for hydroxylation is 2.